The van der Waals surface area contributed by atoms with Crippen LogP contribution in [0.15, 0.2) is 18.5 Å². The average Bonchev–Trinajstić information content (AvgIpc) is 2.91. The molecule has 0 aliphatic rings. The molecule has 2 aromatic rings. The summed E-state index contributed by atoms with van der Waals surface area (Å²) in [7, 11) is 0. The second-order valence-corrected chi connectivity index (χ2v) is 6.30. The van der Waals surface area contributed by atoms with Crippen molar-refractivity contribution in [2.45, 2.75) is 45.0 Å². The molecule has 1 amide bonds. The van der Waals surface area contributed by atoms with E-state index in [1.54, 1.807) is 39.2 Å². The molecule has 2 aromatic heterocycles. The van der Waals surface area contributed by atoms with Gasteiger partial charge >= 0.3 is 6.09 Å². The van der Waals surface area contributed by atoms with Crippen LogP contribution >= 0.6 is 0 Å². The topological polar surface area (TPSA) is 120 Å². The van der Waals surface area contributed by atoms with Gasteiger partial charge in [0.2, 0.25) is 0 Å². The van der Waals surface area contributed by atoms with Gasteiger partial charge in [0.1, 0.15) is 11.7 Å². The van der Waals surface area contributed by atoms with Crippen molar-refractivity contribution in [2.75, 3.05) is 6.54 Å². The zero-order chi connectivity index (χ0) is 17.0. The van der Waals surface area contributed by atoms with E-state index in [0.29, 0.717) is 5.69 Å². The Morgan fingerprint density at radius 2 is 2.13 bits per heavy atom. The molecule has 0 aromatic carbocycles. The van der Waals surface area contributed by atoms with E-state index >= 15 is 0 Å². The predicted octanol–water partition coefficient (Wildman–Crippen LogP) is 1.27. The van der Waals surface area contributed by atoms with Crippen molar-refractivity contribution in [3.05, 3.63) is 24.2 Å². The maximum absolute atomic E-state index is 11.5. The molecule has 0 saturated carbocycles. The summed E-state index contributed by atoms with van der Waals surface area (Å²) >= 11 is 0. The van der Waals surface area contributed by atoms with Crippen molar-refractivity contribution in [3.8, 4) is 0 Å². The van der Waals surface area contributed by atoms with Crippen LogP contribution in [0.3, 0.4) is 0 Å². The maximum atomic E-state index is 11.5. The number of aliphatic hydroxyl groups is 2. The summed E-state index contributed by atoms with van der Waals surface area (Å²) in [6.07, 6.45) is 0.579. The fourth-order valence-corrected chi connectivity index (χ4v) is 2.01. The standard InChI is InChI=1S/C15H22N4O4/c1-15(2,3)23-14(22)16-5-4-12(20)13(21)10-6-9-7-18-19-11(9)8-17-10/h6-8,12-13,20-21H,4-5H2,1-3H3,(H,16,22)(H,18,19). The van der Waals surface area contributed by atoms with E-state index in [-0.39, 0.29) is 13.0 Å². The SMILES string of the molecule is CC(C)(C)OC(=O)NCCC(O)C(O)c1cc2cn[nH]c2cn1. The van der Waals surface area contributed by atoms with E-state index in [4.69, 9.17) is 4.74 Å². The smallest absolute Gasteiger partial charge is 0.407 e. The summed E-state index contributed by atoms with van der Waals surface area (Å²) in [5.41, 5.74) is 0.525. The van der Waals surface area contributed by atoms with E-state index in [9.17, 15) is 15.0 Å². The monoisotopic (exact) mass is 322 g/mol. The summed E-state index contributed by atoms with van der Waals surface area (Å²) in [4.78, 5) is 15.6. The van der Waals surface area contributed by atoms with Gasteiger partial charge in [-0.3, -0.25) is 10.1 Å². The van der Waals surface area contributed by atoms with E-state index in [0.717, 1.165) is 10.9 Å². The summed E-state index contributed by atoms with van der Waals surface area (Å²) in [6, 6.07) is 1.66. The Labute approximate surface area is 133 Å². The fourth-order valence-electron chi connectivity index (χ4n) is 2.01. The van der Waals surface area contributed by atoms with Gasteiger partial charge in [0.15, 0.2) is 0 Å². The third-order valence-electron chi connectivity index (χ3n) is 3.12. The summed E-state index contributed by atoms with van der Waals surface area (Å²) in [6.45, 7) is 5.48. The lowest BCUT2D eigenvalue weighted by Crippen LogP contribution is -2.34. The number of nitrogens with one attached hydrogen (secondary N) is 2. The van der Waals surface area contributed by atoms with Crippen LogP contribution in [-0.4, -0.2) is 49.7 Å². The highest BCUT2D eigenvalue weighted by molar-refractivity contribution is 5.77. The Hall–Kier alpha value is -2.19. The number of amides is 1. The molecule has 0 saturated heterocycles. The third-order valence-corrected chi connectivity index (χ3v) is 3.12. The van der Waals surface area contributed by atoms with Crippen LogP contribution < -0.4 is 5.32 Å². The van der Waals surface area contributed by atoms with Gasteiger partial charge < -0.3 is 20.3 Å². The number of hydrogen-bond donors (Lipinski definition) is 4. The van der Waals surface area contributed by atoms with Crippen molar-refractivity contribution in [2.24, 2.45) is 0 Å². The minimum absolute atomic E-state index is 0.172. The molecule has 0 spiro atoms. The lowest BCUT2D eigenvalue weighted by Gasteiger charge is -2.21. The summed E-state index contributed by atoms with van der Waals surface area (Å²) in [5.74, 6) is 0. The lowest BCUT2D eigenvalue weighted by atomic mass is 10.1. The number of nitrogens with zero attached hydrogens (tertiary/aromatic N) is 2. The molecule has 23 heavy (non-hydrogen) atoms. The Bertz CT molecular complexity index is 665. The number of hydrogen-bond acceptors (Lipinski definition) is 6. The van der Waals surface area contributed by atoms with Gasteiger partial charge in [-0.1, -0.05) is 0 Å². The first-order valence-corrected chi connectivity index (χ1v) is 7.38. The minimum atomic E-state index is -1.14. The largest absolute Gasteiger partial charge is 0.444 e. The average molecular weight is 322 g/mol. The second kappa shape index (κ2) is 6.93. The van der Waals surface area contributed by atoms with E-state index in [1.807, 2.05) is 0 Å². The number of aromatic nitrogens is 3. The normalized spacial score (nSPS) is 14.5. The first kappa shape index (κ1) is 17.2. The first-order chi connectivity index (χ1) is 10.8. The first-order valence-electron chi connectivity index (χ1n) is 7.38. The van der Waals surface area contributed by atoms with Crippen LogP contribution in [0.25, 0.3) is 10.9 Å². The van der Waals surface area contributed by atoms with Gasteiger partial charge in [0.05, 0.1) is 29.7 Å². The molecule has 0 bridgehead atoms. The third kappa shape index (κ3) is 4.90. The van der Waals surface area contributed by atoms with Crippen molar-refractivity contribution >= 4 is 17.0 Å². The Morgan fingerprint density at radius 1 is 1.39 bits per heavy atom. The highest BCUT2D eigenvalue weighted by atomic mass is 16.6. The predicted molar refractivity (Wildman–Crippen MR) is 83.7 cm³/mol. The van der Waals surface area contributed by atoms with E-state index < -0.39 is 23.9 Å². The number of carbonyl (C=O) groups excluding carboxylic acids is 1. The van der Waals surface area contributed by atoms with Gasteiger partial charge in [-0.2, -0.15) is 5.10 Å². The van der Waals surface area contributed by atoms with Crippen molar-refractivity contribution < 1.29 is 19.7 Å². The molecule has 2 atom stereocenters. The molecule has 126 valence electrons. The number of pyridine rings is 1. The summed E-state index contributed by atoms with van der Waals surface area (Å²) in [5, 5.41) is 30.2. The Kier molecular flexibility index (Phi) is 5.17. The second-order valence-electron chi connectivity index (χ2n) is 6.30. The van der Waals surface area contributed by atoms with Crippen molar-refractivity contribution in [1.29, 1.82) is 0 Å². The van der Waals surface area contributed by atoms with Crippen LogP contribution in [0, 0.1) is 0 Å². The zero-order valence-corrected chi connectivity index (χ0v) is 13.4. The molecule has 2 unspecified atom stereocenters. The number of rotatable bonds is 5. The number of aromatic amines is 1. The molecule has 8 heteroatoms. The van der Waals surface area contributed by atoms with Gasteiger partial charge in [-0.05, 0) is 33.3 Å². The number of alkyl carbamates (subject to hydrolysis) is 1. The number of aliphatic hydroxyl groups excluding tert-OH is 2. The molecule has 0 aliphatic heterocycles. The van der Waals surface area contributed by atoms with E-state index in [1.165, 1.54) is 0 Å². The zero-order valence-electron chi connectivity index (χ0n) is 13.4. The number of H-pyrrole nitrogens is 1. The molecular weight excluding hydrogens is 300 g/mol. The molecule has 8 nitrogen and oxygen atoms in total. The van der Waals surface area contributed by atoms with Crippen molar-refractivity contribution in [1.82, 2.24) is 20.5 Å². The van der Waals surface area contributed by atoms with Crippen LogP contribution in [-0.2, 0) is 4.74 Å². The minimum Gasteiger partial charge on any atom is -0.444 e. The molecule has 4 N–H and O–H groups in total. The maximum Gasteiger partial charge on any atom is 0.407 e. The summed E-state index contributed by atoms with van der Waals surface area (Å²) < 4.78 is 5.09. The number of carbonyl (C=O) groups is 1. The fraction of sp³-hybridized carbons (Fsp3) is 0.533. The molecule has 0 fully saturated rings. The number of ether oxygens (including phenoxy) is 1. The molecule has 2 heterocycles. The van der Waals surface area contributed by atoms with Crippen LogP contribution in [0.2, 0.25) is 0 Å². The highest BCUT2D eigenvalue weighted by Crippen LogP contribution is 2.20. The Morgan fingerprint density at radius 3 is 2.83 bits per heavy atom. The lowest BCUT2D eigenvalue weighted by molar-refractivity contribution is 0.0100. The van der Waals surface area contributed by atoms with Gasteiger partial charge in [0.25, 0.3) is 0 Å². The highest BCUT2D eigenvalue weighted by Gasteiger charge is 2.21. The van der Waals surface area contributed by atoms with Gasteiger partial charge in [-0.25, -0.2) is 4.79 Å². The molecule has 0 radical (unpaired) electrons. The number of fused-ring (bicyclic) bond motifs is 1. The van der Waals surface area contributed by atoms with Gasteiger partial charge in [0, 0.05) is 11.9 Å². The Balaban J connectivity index is 1.85. The molecule has 0 aliphatic carbocycles. The quantitative estimate of drug-likeness (QED) is 0.658. The molecular formula is C15H22N4O4. The van der Waals surface area contributed by atoms with Gasteiger partial charge in [-0.15, -0.1) is 0 Å². The van der Waals surface area contributed by atoms with Crippen molar-refractivity contribution in [3.63, 3.8) is 0 Å². The molecule has 2 rings (SSSR count). The van der Waals surface area contributed by atoms with Crippen LogP contribution in [0.1, 0.15) is 39.0 Å². The van der Waals surface area contributed by atoms with Crippen LogP contribution in [0.4, 0.5) is 4.79 Å². The van der Waals surface area contributed by atoms with E-state index in [2.05, 4.69) is 20.5 Å². The van der Waals surface area contributed by atoms with Crippen LogP contribution in [0.5, 0.6) is 0 Å².